The van der Waals surface area contributed by atoms with Crippen molar-refractivity contribution < 1.29 is 9.59 Å². The van der Waals surface area contributed by atoms with Gasteiger partial charge in [0.05, 0.1) is 6.54 Å². The molecule has 2 aromatic carbocycles. The largest absolute Gasteiger partial charge is 0.345 e. The summed E-state index contributed by atoms with van der Waals surface area (Å²) in [5, 5.41) is 2.66. The van der Waals surface area contributed by atoms with Gasteiger partial charge in [-0.25, -0.2) is 0 Å². The predicted molar refractivity (Wildman–Crippen MR) is 80.9 cm³/mol. The van der Waals surface area contributed by atoms with Gasteiger partial charge in [-0.1, -0.05) is 48.0 Å². The number of rotatable bonds is 2. The highest BCUT2D eigenvalue weighted by Crippen LogP contribution is 2.29. The molecule has 0 radical (unpaired) electrons. The Labute approximate surface area is 123 Å². The molecule has 1 N–H and O–H groups in total. The van der Waals surface area contributed by atoms with Crippen LogP contribution in [-0.4, -0.2) is 18.4 Å². The lowest BCUT2D eigenvalue weighted by Crippen LogP contribution is -2.53. The Morgan fingerprint density at radius 2 is 1.67 bits per heavy atom. The van der Waals surface area contributed by atoms with Gasteiger partial charge in [-0.2, -0.15) is 0 Å². The Hall–Kier alpha value is -2.62. The van der Waals surface area contributed by atoms with Crippen LogP contribution in [0, 0.1) is 6.92 Å². The van der Waals surface area contributed by atoms with Gasteiger partial charge in [0.25, 0.3) is 0 Å². The summed E-state index contributed by atoms with van der Waals surface area (Å²) in [6, 6.07) is 16.4. The number of hydrogen-bond acceptors (Lipinski definition) is 2. The van der Waals surface area contributed by atoms with Gasteiger partial charge in [-0.3, -0.25) is 14.5 Å². The van der Waals surface area contributed by atoms with Crippen molar-refractivity contribution in [3.63, 3.8) is 0 Å². The lowest BCUT2D eigenvalue weighted by atomic mass is 10.0. The van der Waals surface area contributed by atoms with Crippen LogP contribution in [0.5, 0.6) is 0 Å². The molecule has 0 bridgehead atoms. The minimum atomic E-state index is -0.616. The molecule has 21 heavy (non-hydrogen) atoms. The number of aryl methyl sites for hydroxylation is 1. The van der Waals surface area contributed by atoms with Crippen LogP contribution in [0.25, 0.3) is 0 Å². The fourth-order valence-corrected chi connectivity index (χ4v) is 2.54. The Kier molecular flexibility index (Phi) is 3.44. The third kappa shape index (κ3) is 2.52. The third-order valence-corrected chi connectivity index (χ3v) is 3.62. The Bertz CT molecular complexity index is 665. The molecule has 1 atom stereocenters. The molecule has 3 rings (SSSR count). The maximum Gasteiger partial charge on any atom is 0.248 e. The van der Waals surface area contributed by atoms with Crippen molar-refractivity contribution in [2.45, 2.75) is 13.0 Å². The van der Waals surface area contributed by atoms with Gasteiger partial charge in [0.2, 0.25) is 11.8 Å². The molecule has 106 valence electrons. The lowest BCUT2D eigenvalue weighted by molar-refractivity contribution is -0.131. The number of carbonyl (C=O) groups excluding carboxylic acids is 2. The Balaban J connectivity index is 2.06. The number of benzene rings is 2. The second-order valence-electron chi connectivity index (χ2n) is 5.13. The van der Waals surface area contributed by atoms with E-state index in [0.717, 1.165) is 16.8 Å². The van der Waals surface area contributed by atoms with E-state index in [9.17, 15) is 9.59 Å². The third-order valence-electron chi connectivity index (χ3n) is 3.62. The van der Waals surface area contributed by atoms with Crippen molar-refractivity contribution >= 4 is 17.5 Å². The van der Waals surface area contributed by atoms with Gasteiger partial charge < -0.3 is 5.32 Å². The lowest BCUT2D eigenvalue weighted by Gasteiger charge is -2.35. The van der Waals surface area contributed by atoms with Crippen LogP contribution in [0.4, 0.5) is 5.69 Å². The van der Waals surface area contributed by atoms with Gasteiger partial charge in [0.1, 0.15) is 6.04 Å². The summed E-state index contributed by atoms with van der Waals surface area (Å²) in [6.07, 6.45) is 0. The van der Waals surface area contributed by atoms with Crippen molar-refractivity contribution in [2.75, 3.05) is 11.4 Å². The highest BCUT2D eigenvalue weighted by molar-refractivity contribution is 6.06. The highest BCUT2D eigenvalue weighted by atomic mass is 16.2. The molecule has 1 saturated heterocycles. The first-order valence-electron chi connectivity index (χ1n) is 6.88. The number of carbonyl (C=O) groups is 2. The summed E-state index contributed by atoms with van der Waals surface area (Å²) in [7, 11) is 0. The highest BCUT2D eigenvalue weighted by Gasteiger charge is 2.36. The average molecular weight is 280 g/mol. The zero-order chi connectivity index (χ0) is 14.8. The quantitative estimate of drug-likeness (QED) is 0.916. The molecular formula is C17H16N2O2. The van der Waals surface area contributed by atoms with E-state index in [-0.39, 0.29) is 18.4 Å². The van der Waals surface area contributed by atoms with Crippen molar-refractivity contribution in [2.24, 2.45) is 0 Å². The van der Waals surface area contributed by atoms with E-state index in [1.54, 1.807) is 4.90 Å². The fourth-order valence-electron chi connectivity index (χ4n) is 2.54. The number of amides is 2. The molecule has 1 fully saturated rings. The van der Waals surface area contributed by atoms with Crippen LogP contribution in [-0.2, 0) is 9.59 Å². The molecule has 0 aliphatic carbocycles. The second kappa shape index (κ2) is 5.40. The summed E-state index contributed by atoms with van der Waals surface area (Å²) in [5.74, 6) is -0.256. The van der Waals surface area contributed by atoms with Crippen LogP contribution < -0.4 is 10.2 Å². The first-order chi connectivity index (χ1) is 10.2. The van der Waals surface area contributed by atoms with E-state index in [4.69, 9.17) is 0 Å². The van der Waals surface area contributed by atoms with E-state index in [1.165, 1.54) is 0 Å². The predicted octanol–water partition coefficient (Wildman–Crippen LogP) is 2.20. The zero-order valence-electron chi connectivity index (χ0n) is 11.7. The van der Waals surface area contributed by atoms with E-state index >= 15 is 0 Å². The molecule has 1 heterocycles. The zero-order valence-corrected chi connectivity index (χ0v) is 11.7. The minimum Gasteiger partial charge on any atom is -0.345 e. The molecule has 1 aliphatic rings. The summed E-state index contributed by atoms with van der Waals surface area (Å²) >= 11 is 0. The van der Waals surface area contributed by atoms with Crippen molar-refractivity contribution in [1.82, 2.24) is 5.32 Å². The summed E-state index contributed by atoms with van der Waals surface area (Å²) in [6.45, 7) is 2.03. The molecule has 2 aromatic rings. The van der Waals surface area contributed by atoms with Crippen LogP contribution >= 0.6 is 0 Å². The standard InChI is InChI=1S/C17H16N2O2/c1-12-7-9-14(10-8-12)19-15(20)11-18-17(21)16(19)13-5-3-2-4-6-13/h2-10,16H,11H2,1H3,(H,18,21). The molecule has 1 unspecified atom stereocenters. The monoisotopic (exact) mass is 280 g/mol. The van der Waals surface area contributed by atoms with Gasteiger partial charge in [-0.05, 0) is 24.6 Å². The second-order valence-corrected chi connectivity index (χ2v) is 5.13. The first kappa shape index (κ1) is 13.4. The van der Waals surface area contributed by atoms with Gasteiger partial charge in [0, 0.05) is 5.69 Å². The van der Waals surface area contributed by atoms with Crippen molar-refractivity contribution in [3.05, 3.63) is 65.7 Å². The molecule has 0 spiro atoms. The maximum atomic E-state index is 12.3. The van der Waals surface area contributed by atoms with E-state index in [0.29, 0.717) is 0 Å². The van der Waals surface area contributed by atoms with Crippen molar-refractivity contribution in [1.29, 1.82) is 0 Å². The smallest absolute Gasteiger partial charge is 0.248 e. The van der Waals surface area contributed by atoms with Gasteiger partial charge in [0.15, 0.2) is 0 Å². The molecule has 4 nitrogen and oxygen atoms in total. The molecule has 2 amide bonds. The van der Waals surface area contributed by atoms with Crippen LogP contribution in [0.15, 0.2) is 54.6 Å². The number of nitrogens with zero attached hydrogens (tertiary/aromatic N) is 1. The summed E-state index contributed by atoms with van der Waals surface area (Å²) < 4.78 is 0. The Morgan fingerprint density at radius 1 is 1.00 bits per heavy atom. The first-order valence-corrected chi connectivity index (χ1v) is 6.88. The number of hydrogen-bond donors (Lipinski definition) is 1. The Morgan fingerprint density at radius 3 is 2.33 bits per heavy atom. The number of anilines is 1. The topological polar surface area (TPSA) is 49.4 Å². The molecule has 0 aromatic heterocycles. The van der Waals surface area contributed by atoms with Gasteiger partial charge in [-0.15, -0.1) is 0 Å². The molecule has 1 aliphatic heterocycles. The average Bonchev–Trinajstić information content (AvgIpc) is 2.51. The maximum absolute atomic E-state index is 12.3. The molecule has 4 heteroatoms. The summed E-state index contributed by atoms with van der Waals surface area (Å²) in [5.41, 5.74) is 2.67. The molecular weight excluding hydrogens is 264 g/mol. The van der Waals surface area contributed by atoms with Crippen LogP contribution in [0.3, 0.4) is 0 Å². The SMILES string of the molecule is Cc1ccc(N2C(=O)CNC(=O)C2c2ccccc2)cc1. The fraction of sp³-hybridized carbons (Fsp3) is 0.176. The molecule has 0 saturated carbocycles. The van der Waals surface area contributed by atoms with E-state index < -0.39 is 6.04 Å². The van der Waals surface area contributed by atoms with E-state index in [1.807, 2.05) is 61.5 Å². The van der Waals surface area contributed by atoms with Crippen LogP contribution in [0.1, 0.15) is 17.2 Å². The minimum absolute atomic E-state index is 0.0377. The summed E-state index contributed by atoms with van der Waals surface area (Å²) in [4.78, 5) is 26.2. The number of piperazine rings is 1. The van der Waals surface area contributed by atoms with E-state index in [2.05, 4.69) is 5.32 Å². The van der Waals surface area contributed by atoms with Gasteiger partial charge >= 0.3 is 0 Å². The number of nitrogens with one attached hydrogen (secondary N) is 1. The van der Waals surface area contributed by atoms with Crippen LogP contribution in [0.2, 0.25) is 0 Å². The normalized spacial score (nSPS) is 18.5. The van der Waals surface area contributed by atoms with Crippen molar-refractivity contribution in [3.8, 4) is 0 Å².